The molecule has 58 heavy (non-hydrogen) atoms. The molecule has 0 radical (unpaired) electrons. The Balaban J connectivity index is 1.22. The number of ether oxygens (including phenoxy) is 4. The summed E-state index contributed by atoms with van der Waals surface area (Å²) in [6.45, 7) is 5.57. The first-order valence-electron chi connectivity index (χ1n) is 19.1. The molecule has 0 aliphatic heterocycles. The van der Waals surface area contributed by atoms with E-state index in [4.69, 9.17) is 18.9 Å². The van der Waals surface area contributed by atoms with Crippen molar-refractivity contribution in [1.29, 1.82) is 0 Å². The Morgan fingerprint density at radius 1 is 0.690 bits per heavy atom. The molecule has 0 aliphatic rings. The Hall–Kier alpha value is -6.41. The molecular formula is C44H50FN5O8. The van der Waals surface area contributed by atoms with Gasteiger partial charge in [0, 0.05) is 29.6 Å². The fourth-order valence-electron chi connectivity index (χ4n) is 5.95. The number of amides is 4. The molecule has 0 saturated carbocycles. The highest BCUT2D eigenvalue weighted by atomic mass is 19.1. The highest BCUT2D eigenvalue weighted by Gasteiger charge is 2.23. The zero-order valence-corrected chi connectivity index (χ0v) is 32.8. The van der Waals surface area contributed by atoms with Crippen LogP contribution in [0, 0.1) is 5.82 Å². The van der Waals surface area contributed by atoms with Gasteiger partial charge in [0.15, 0.2) is 0 Å². The standard InChI is InChI=1S/C44H50FN5O8/c1-44(2,3)58-43(54)48-34(17-12-24-46-41(52)56-26-30-13-6-4-7-14-30)28-55-29-35(49-42(53)57-27-31-15-8-5-9-16-31)25-47-40(51)39-38(32-20-22-33(45)23-21-32)36-18-10-11-19-37(36)50-39/h4-11,13-16,18-23,34-35,50H,12,17,24-29H2,1-3H3,(H,46,52)(H,47,51)(H,48,54)(H,49,53)/t34-,35+/m0/s1. The Bertz CT molecular complexity index is 2090. The number of hydrogen-bond donors (Lipinski definition) is 5. The Labute approximate surface area is 337 Å². The number of aromatic amines is 1. The largest absolute Gasteiger partial charge is 0.445 e. The molecule has 4 amide bonds. The van der Waals surface area contributed by atoms with Crippen LogP contribution in [0.2, 0.25) is 0 Å². The van der Waals surface area contributed by atoms with Crippen molar-refractivity contribution in [1.82, 2.24) is 26.3 Å². The summed E-state index contributed by atoms with van der Waals surface area (Å²) in [5.74, 6) is -0.860. The van der Waals surface area contributed by atoms with Gasteiger partial charge in [0.25, 0.3) is 5.91 Å². The van der Waals surface area contributed by atoms with E-state index in [0.717, 1.165) is 22.0 Å². The first kappa shape index (κ1) is 42.7. The van der Waals surface area contributed by atoms with Crippen molar-refractivity contribution in [3.05, 3.63) is 132 Å². The van der Waals surface area contributed by atoms with E-state index < -0.39 is 47.7 Å². The van der Waals surface area contributed by atoms with E-state index in [1.54, 1.807) is 32.9 Å². The zero-order chi connectivity index (χ0) is 41.3. The lowest BCUT2D eigenvalue weighted by Crippen LogP contribution is -2.48. The molecule has 0 saturated heterocycles. The van der Waals surface area contributed by atoms with Gasteiger partial charge in [0.2, 0.25) is 0 Å². The minimum Gasteiger partial charge on any atom is -0.445 e. The number of benzene rings is 4. The van der Waals surface area contributed by atoms with Crippen LogP contribution in [-0.4, -0.2) is 73.2 Å². The van der Waals surface area contributed by atoms with Gasteiger partial charge in [-0.1, -0.05) is 91.0 Å². The highest BCUT2D eigenvalue weighted by molar-refractivity contribution is 6.09. The maximum absolute atomic E-state index is 13.8. The van der Waals surface area contributed by atoms with Crippen LogP contribution in [0.25, 0.3) is 22.0 Å². The van der Waals surface area contributed by atoms with E-state index in [2.05, 4.69) is 26.3 Å². The third kappa shape index (κ3) is 14.0. The van der Waals surface area contributed by atoms with Crippen LogP contribution in [-0.2, 0) is 32.2 Å². The highest BCUT2D eigenvalue weighted by Crippen LogP contribution is 2.32. The molecule has 5 N–H and O–H groups in total. The van der Waals surface area contributed by atoms with E-state index in [1.807, 2.05) is 84.9 Å². The number of nitrogens with one attached hydrogen (secondary N) is 5. The first-order valence-corrected chi connectivity index (χ1v) is 19.1. The molecule has 0 bridgehead atoms. The second-order valence-electron chi connectivity index (χ2n) is 14.6. The summed E-state index contributed by atoms with van der Waals surface area (Å²) in [5.41, 5.74) is 3.15. The van der Waals surface area contributed by atoms with Gasteiger partial charge in [-0.3, -0.25) is 4.79 Å². The molecule has 0 aliphatic carbocycles. The molecule has 0 spiro atoms. The molecule has 0 fully saturated rings. The van der Waals surface area contributed by atoms with Gasteiger partial charge in [0.1, 0.15) is 30.3 Å². The second-order valence-corrected chi connectivity index (χ2v) is 14.6. The third-order valence-electron chi connectivity index (χ3n) is 8.68. The SMILES string of the molecule is CC(C)(C)OC(=O)N[C@@H](CCCNC(=O)OCc1ccccc1)COC[C@@H](CNC(=O)c1[nH]c2ccccc2c1-c1ccc(F)cc1)NC(=O)OCc1ccccc1. The average molecular weight is 796 g/mol. The van der Waals surface area contributed by atoms with Crippen LogP contribution >= 0.6 is 0 Å². The van der Waals surface area contributed by atoms with Gasteiger partial charge in [0.05, 0.1) is 25.3 Å². The van der Waals surface area contributed by atoms with Crippen molar-refractivity contribution >= 4 is 35.1 Å². The second kappa shape index (κ2) is 21.2. The lowest BCUT2D eigenvalue weighted by atomic mass is 10.0. The molecule has 1 aromatic heterocycles. The maximum atomic E-state index is 13.8. The summed E-state index contributed by atoms with van der Waals surface area (Å²) < 4.78 is 36.1. The minimum absolute atomic E-state index is 0.0135. The molecule has 5 rings (SSSR count). The molecule has 0 unspecified atom stereocenters. The number of halogens is 1. The molecule has 306 valence electrons. The third-order valence-corrected chi connectivity index (χ3v) is 8.68. The van der Waals surface area contributed by atoms with E-state index in [1.165, 1.54) is 12.1 Å². The van der Waals surface area contributed by atoms with E-state index in [9.17, 15) is 23.6 Å². The van der Waals surface area contributed by atoms with Crippen LogP contribution in [0.4, 0.5) is 18.8 Å². The number of carbonyl (C=O) groups is 4. The van der Waals surface area contributed by atoms with Gasteiger partial charge in [-0.2, -0.15) is 0 Å². The average Bonchev–Trinajstić information content (AvgIpc) is 3.60. The van der Waals surface area contributed by atoms with E-state index in [-0.39, 0.29) is 45.2 Å². The Morgan fingerprint density at radius 2 is 1.28 bits per heavy atom. The van der Waals surface area contributed by atoms with Crippen LogP contribution in [0.5, 0.6) is 0 Å². The predicted molar refractivity (Wildman–Crippen MR) is 217 cm³/mol. The number of carbonyl (C=O) groups excluding carboxylic acids is 4. The van der Waals surface area contributed by atoms with Crippen LogP contribution in [0.3, 0.4) is 0 Å². The summed E-state index contributed by atoms with van der Waals surface area (Å²) in [6, 6.07) is 30.5. The van der Waals surface area contributed by atoms with Crippen LogP contribution in [0.15, 0.2) is 109 Å². The molecular weight excluding hydrogens is 746 g/mol. The number of hydrogen-bond acceptors (Lipinski definition) is 8. The Morgan fingerprint density at radius 3 is 1.93 bits per heavy atom. The quantitative estimate of drug-likeness (QED) is 0.0446. The lowest BCUT2D eigenvalue weighted by Gasteiger charge is -2.25. The smallest absolute Gasteiger partial charge is 0.407 e. The molecule has 14 heteroatoms. The van der Waals surface area contributed by atoms with Crippen molar-refractivity contribution in [3.8, 4) is 11.1 Å². The topological polar surface area (TPSA) is 169 Å². The summed E-state index contributed by atoms with van der Waals surface area (Å²) in [6.07, 6.45) is -1.06. The molecule has 13 nitrogen and oxygen atoms in total. The van der Waals surface area contributed by atoms with E-state index in [0.29, 0.717) is 24.0 Å². The summed E-state index contributed by atoms with van der Waals surface area (Å²) in [4.78, 5) is 55.0. The first-order chi connectivity index (χ1) is 27.9. The number of aromatic nitrogens is 1. The normalized spacial score (nSPS) is 12.2. The number of rotatable bonds is 18. The fraction of sp³-hybridized carbons (Fsp3) is 0.318. The van der Waals surface area contributed by atoms with Gasteiger partial charge >= 0.3 is 18.3 Å². The van der Waals surface area contributed by atoms with Gasteiger partial charge < -0.3 is 45.2 Å². The van der Waals surface area contributed by atoms with Crippen molar-refractivity contribution in [2.75, 3.05) is 26.3 Å². The summed E-state index contributed by atoms with van der Waals surface area (Å²) >= 11 is 0. The monoisotopic (exact) mass is 795 g/mol. The van der Waals surface area contributed by atoms with Crippen LogP contribution < -0.4 is 21.3 Å². The molecule has 4 aromatic carbocycles. The number of H-pyrrole nitrogens is 1. The van der Waals surface area contributed by atoms with Gasteiger partial charge in [-0.25, -0.2) is 18.8 Å². The van der Waals surface area contributed by atoms with Crippen molar-refractivity contribution in [3.63, 3.8) is 0 Å². The molecule has 1 heterocycles. The van der Waals surface area contributed by atoms with Crippen molar-refractivity contribution in [2.24, 2.45) is 0 Å². The number of para-hydroxylation sites is 1. The summed E-state index contributed by atoms with van der Waals surface area (Å²) in [7, 11) is 0. The molecule has 2 atom stereocenters. The van der Waals surface area contributed by atoms with Crippen molar-refractivity contribution in [2.45, 2.75) is 64.5 Å². The Kier molecular flexibility index (Phi) is 15.6. The predicted octanol–water partition coefficient (Wildman–Crippen LogP) is 7.62. The van der Waals surface area contributed by atoms with E-state index >= 15 is 0 Å². The lowest BCUT2D eigenvalue weighted by molar-refractivity contribution is 0.0413. The number of fused-ring (bicyclic) bond motifs is 1. The zero-order valence-electron chi connectivity index (χ0n) is 32.8. The van der Waals surface area contributed by atoms with Crippen LogP contribution in [0.1, 0.15) is 55.2 Å². The summed E-state index contributed by atoms with van der Waals surface area (Å²) in [5, 5.41) is 12.0. The minimum atomic E-state index is -0.769. The van der Waals surface area contributed by atoms with Gasteiger partial charge in [-0.05, 0) is 68.5 Å². The van der Waals surface area contributed by atoms with Gasteiger partial charge in [-0.15, -0.1) is 0 Å². The number of alkyl carbamates (subject to hydrolysis) is 3. The molecule has 5 aromatic rings. The van der Waals surface area contributed by atoms with Crippen molar-refractivity contribution < 1.29 is 42.5 Å². The maximum Gasteiger partial charge on any atom is 0.407 e. The fourth-order valence-corrected chi connectivity index (χ4v) is 5.95.